The van der Waals surface area contributed by atoms with Crippen molar-refractivity contribution in [3.05, 3.63) is 24.3 Å². The molecule has 1 fully saturated rings. The van der Waals surface area contributed by atoms with Crippen LogP contribution >= 0.6 is 0 Å². The first-order valence-electron chi connectivity index (χ1n) is 7.67. The first kappa shape index (κ1) is 13.7. The van der Waals surface area contributed by atoms with Crippen LogP contribution in [-0.2, 0) is 4.74 Å². The van der Waals surface area contributed by atoms with E-state index in [4.69, 9.17) is 4.74 Å². The third kappa shape index (κ3) is 2.91. The summed E-state index contributed by atoms with van der Waals surface area (Å²) in [5, 5.41) is 3.46. The van der Waals surface area contributed by atoms with Crippen LogP contribution in [0.5, 0.6) is 0 Å². The van der Waals surface area contributed by atoms with E-state index in [1.807, 2.05) is 0 Å². The molecule has 0 saturated carbocycles. The van der Waals surface area contributed by atoms with E-state index in [0.29, 0.717) is 12.1 Å². The summed E-state index contributed by atoms with van der Waals surface area (Å²) in [5.41, 5.74) is 2.55. The van der Waals surface area contributed by atoms with Gasteiger partial charge in [-0.15, -0.1) is 0 Å². The first-order valence-corrected chi connectivity index (χ1v) is 7.67. The van der Waals surface area contributed by atoms with Crippen LogP contribution in [0.4, 0.5) is 11.4 Å². The average Bonchev–Trinajstić information content (AvgIpc) is 2.48. The summed E-state index contributed by atoms with van der Waals surface area (Å²) in [7, 11) is 0. The number of morpholine rings is 1. The number of nitrogens with zero attached hydrogens (tertiary/aromatic N) is 2. The van der Waals surface area contributed by atoms with Crippen molar-refractivity contribution in [3.8, 4) is 0 Å². The number of hydrogen-bond donors (Lipinski definition) is 1. The fourth-order valence-electron chi connectivity index (χ4n) is 3.10. The van der Waals surface area contributed by atoms with Crippen LogP contribution in [0.15, 0.2) is 24.3 Å². The number of nitrogens with one attached hydrogen (secondary N) is 1. The van der Waals surface area contributed by atoms with Crippen LogP contribution in [-0.4, -0.2) is 56.4 Å². The highest BCUT2D eigenvalue weighted by molar-refractivity contribution is 5.71. The van der Waals surface area contributed by atoms with Crippen LogP contribution in [0.1, 0.15) is 13.8 Å². The fourth-order valence-corrected chi connectivity index (χ4v) is 3.10. The SMILES string of the molecule is CC(C)N1CCOC(CN2CCNc3ccccc32)C1. The van der Waals surface area contributed by atoms with E-state index in [1.165, 1.54) is 11.4 Å². The van der Waals surface area contributed by atoms with Gasteiger partial charge < -0.3 is 15.0 Å². The Kier molecular flexibility index (Phi) is 4.13. The summed E-state index contributed by atoms with van der Waals surface area (Å²) >= 11 is 0. The molecule has 110 valence electrons. The number of ether oxygens (including phenoxy) is 1. The van der Waals surface area contributed by atoms with Crippen molar-refractivity contribution in [2.75, 3.05) is 49.5 Å². The Hall–Kier alpha value is -1.26. The number of hydrogen-bond acceptors (Lipinski definition) is 4. The van der Waals surface area contributed by atoms with Crippen molar-refractivity contribution in [2.45, 2.75) is 26.0 Å². The molecule has 4 heteroatoms. The molecule has 0 spiro atoms. The van der Waals surface area contributed by atoms with E-state index in [-0.39, 0.29) is 0 Å². The lowest BCUT2D eigenvalue weighted by molar-refractivity contribution is -0.0342. The minimum Gasteiger partial charge on any atom is -0.382 e. The van der Waals surface area contributed by atoms with Crippen LogP contribution in [0.25, 0.3) is 0 Å². The van der Waals surface area contributed by atoms with Crippen molar-refractivity contribution in [1.29, 1.82) is 0 Å². The Bertz CT molecular complexity index is 449. The number of para-hydroxylation sites is 2. The van der Waals surface area contributed by atoms with Gasteiger partial charge in [0.1, 0.15) is 0 Å². The van der Waals surface area contributed by atoms with Gasteiger partial charge in [0.05, 0.1) is 24.1 Å². The summed E-state index contributed by atoms with van der Waals surface area (Å²) < 4.78 is 5.97. The maximum absolute atomic E-state index is 5.97. The summed E-state index contributed by atoms with van der Waals surface area (Å²) in [5.74, 6) is 0. The number of rotatable bonds is 3. The van der Waals surface area contributed by atoms with E-state index >= 15 is 0 Å². The molecule has 0 aliphatic carbocycles. The van der Waals surface area contributed by atoms with Gasteiger partial charge in [-0.2, -0.15) is 0 Å². The fraction of sp³-hybridized carbons (Fsp3) is 0.625. The first-order chi connectivity index (χ1) is 9.74. The van der Waals surface area contributed by atoms with E-state index in [2.05, 4.69) is 53.2 Å². The van der Waals surface area contributed by atoms with Gasteiger partial charge in [-0.1, -0.05) is 12.1 Å². The van der Waals surface area contributed by atoms with Gasteiger partial charge >= 0.3 is 0 Å². The van der Waals surface area contributed by atoms with Crippen LogP contribution < -0.4 is 10.2 Å². The zero-order chi connectivity index (χ0) is 13.9. The highest BCUT2D eigenvalue weighted by Gasteiger charge is 2.26. The minimum absolute atomic E-state index is 0.317. The van der Waals surface area contributed by atoms with Crippen LogP contribution in [0, 0.1) is 0 Å². The predicted octanol–water partition coefficient (Wildman–Crippen LogP) is 2.03. The molecule has 2 aliphatic heterocycles. The molecule has 1 atom stereocenters. The lowest BCUT2D eigenvalue weighted by atomic mass is 10.1. The Morgan fingerprint density at radius 2 is 2.15 bits per heavy atom. The standard InChI is InChI=1S/C16H25N3O/c1-13(2)18-9-10-20-14(11-18)12-19-8-7-17-15-5-3-4-6-16(15)19/h3-6,13-14,17H,7-12H2,1-2H3. The van der Waals surface area contributed by atoms with Crippen LogP contribution in [0.2, 0.25) is 0 Å². The third-order valence-electron chi connectivity index (χ3n) is 4.27. The number of benzene rings is 1. The van der Waals surface area contributed by atoms with Gasteiger partial charge in [-0.05, 0) is 26.0 Å². The van der Waals surface area contributed by atoms with Gasteiger partial charge in [0.15, 0.2) is 0 Å². The molecule has 0 bridgehead atoms. The third-order valence-corrected chi connectivity index (χ3v) is 4.27. The van der Waals surface area contributed by atoms with Gasteiger partial charge in [-0.3, -0.25) is 4.90 Å². The highest BCUT2D eigenvalue weighted by Crippen LogP contribution is 2.28. The summed E-state index contributed by atoms with van der Waals surface area (Å²) in [6, 6.07) is 9.17. The summed E-state index contributed by atoms with van der Waals surface area (Å²) in [4.78, 5) is 4.97. The predicted molar refractivity (Wildman–Crippen MR) is 83.6 cm³/mol. The molecule has 2 heterocycles. The van der Waals surface area contributed by atoms with Gasteiger partial charge in [0.2, 0.25) is 0 Å². The average molecular weight is 275 g/mol. The lowest BCUT2D eigenvalue weighted by Gasteiger charge is -2.39. The zero-order valence-corrected chi connectivity index (χ0v) is 12.5. The molecule has 0 aromatic heterocycles. The van der Waals surface area contributed by atoms with Gasteiger partial charge in [-0.25, -0.2) is 0 Å². The van der Waals surface area contributed by atoms with Crippen molar-refractivity contribution in [1.82, 2.24) is 4.90 Å². The summed E-state index contributed by atoms with van der Waals surface area (Å²) in [6.07, 6.45) is 0.317. The molecule has 1 aromatic rings. The van der Waals surface area contributed by atoms with E-state index in [1.54, 1.807) is 0 Å². The Labute approximate surface area is 121 Å². The molecule has 1 saturated heterocycles. The number of anilines is 2. The van der Waals surface area contributed by atoms with Crippen molar-refractivity contribution < 1.29 is 4.74 Å². The van der Waals surface area contributed by atoms with Crippen molar-refractivity contribution in [3.63, 3.8) is 0 Å². The van der Waals surface area contributed by atoms with E-state index in [0.717, 1.165) is 39.3 Å². The molecule has 4 nitrogen and oxygen atoms in total. The minimum atomic E-state index is 0.317. The monoisotopic (exact) mass is 275 g/mol. The molecule has 1 aromatic carbocycles. The second kappa shape index (κ2) is 6.02. The second-order valence-corrected chi connectivity index (χ2v) is 5.97. The Morgan fingerprint density at radius 3 is 3.00 bits per heavy atom. The smallest absolute Gasteiger partial charge is 0.0877 e. The maximum atomic E-state index is 5.97. The Balaban J connectivity index is 1.66. The number of fused-ring (bicyclic) bond motifs is 1. The molecule has 20 heavy (non-hydrogen) atoms. The molecule has 2 aliphatic rings. The van der Waals surface area contributed by atoms with Crippen molar-refractivity contribution >= 4 is 11.4 Å². The normalized spacial score (nSPS) is 23.6. The van der Waals surface area contributed by atoms with Gasteiger partial charge in [0, 0.05) is 38.8 Å². The molecule has 0 amide bonds. The Morgan fingerprint density at radius 1 is 1.30 bits per heavy atom. The largest absolute Gasteiger partial charge is 0.382 e. The molecular weight excluding hydrogens is 250 g/mol. The summed E-state index contributed by atoms with van der Waals surface area (Å²) in [6.45, 7) is 10.6. The quantitative estimate of drug-likeness (QED) is 0.913. The highest BCUT2D eigenvalue weighted by atomic mass is 16.5. The van der Waals surface area contributed by atoms with Crippen molar-refractivity contribution in [2.24, 2.45) is 0 Å². The maximum Gasteiger partial charge on any atom is 0.0877 e. The topological polar surface area (TPSA) is 27.7 Å². The van der Waals surface area contributed by atoms with Crippen LogP contribution in [0.3, 0.4) is 0 Å². The molecule has 3 rings (SSSR count). The molecule has 0 radical (unpaired) electrons. The second-order valence-electron chi connectivity index (χ2n) is 5.97. The molecule has 1 N–H and O–H groups in total. The zero-order valence-electron chi connectivity index (χ0n) is 12.5. The van der Waals surface area contributed by atoms with Gasteiger partial charge in [0.25, 0.3) is 0 Å². The molecular formula is C16H25N3O. The van der Waals surface area contributed by atoms with E-state index in [9.17, 15) is 0 Å². The lowest BCUT2D eigenvalue weighted by Crippen LogP contribution is -2.51. The molecule has 1 unspecified atom stereocenters. The van der Waals surface area contributed by atoms with E-state index < -0.39 is 0 Å².